The Morgan fingerprint density at radius 3 is 0.931 bits per heavy atom. The van der Waals surface area contributed by atoms with Gasteiger partial charge in [0, 0.05) is 0 Å². The summed E-state index contributed by atoms with van der Waals surface area (Å²) in [6.45, 7) is 9.37. The van der Waals surface area contributed by atoms with Gasteiger partial charge in [0.2, 0.25) is 0 Å². The fourth-order valence-corrected chi connectivity index (χ4v) is 5.01. The van der Waals surface area contributed by atoms with Crippen LogP contribution in [-0.4, -0.2) is 0 Å². The molecule has 0 fully saturated rings. The van der Waals surface area contributed by atoms with E-state index in [2.05, 4.69) is 27.7 Å². The van der Waals surface area contributed by atoms with E-state index in [9.17, 15) is 0 Å². The average molecular weight is 409 g/mol. The molecule has 1 unspecified atom stereocenters. The van der Waals surface area contributed by atoms with E-state index in [1.807, 2.05) is 0 Å². The molecule has 0 aromatic heterocycles. The van der Waals surface area contributed by atoms with Crippen molar-refractivity contribution in [3.8, 4) is 0 Å². The lowest BCUT2D eigenvalue weighted by molar-refractivity contribution is 0.283. The van der Waals surface area contributed by atoms with Crippen molar-refractivity contribution in [2.75, 3.05) is 0 Å². The predicted molar refractivity (Wildman–Crippen MR) is 136 cm³/mol. The fourth-order valence-electron chi connectivity index (χ4n) is 5.01. The molecule has 0 radical (unpaired) electrons. The van der Waals surface area contributed by atoms with E-state index in [4.69, 9.17) is 0 Å². The lowest BCUT2D eigenvalue weighted by atomic mass is 9.82. The molecule has 0 spiro atoms. The van der Waals surface area contributed by atoms with Crippen LogP contribution in [0, 0.1) is 11.8 Å². The molecule has 0 saturated heterocycles. The van der Waals surface area contributed by atoms with E-state index in [1.165, 1.54) is 141 Å². The molecular formula is C29H60. The van der Waals surface area contributed by atoms with Gasteiger partial charge in [-0.25, -0.2) is 0 Å². The highest BCUT2D eigenvalue weighted by Gasteiger charge is 2.16. The standard InChI is InChI=1S/C29H60/c1-5-9-13-16-19-22-24-28(23-12-8-4)27-29(25-20-17-14-10-6-2)26-21-18-15-11-7-3/h28-29H,5-27H2,1-4H3. The van der Waals surface area contributed by atoms with Crippen LogP contribution in [0.5, 0.6) is 0 Å². The molecule has 176 valence electrons. The van der Waals surface area contributed by atoms with Crippen molar-refractivity contribution in [1.82, 2.24) is 0 Å². The smallest absolute Gasteiger partial charge is 0.0412 e. The molecule has 0 aromatic carbocycles. The summed E-state index contributed by atoms with van der Waals surface area (Å²) < 4.78 is 0. The van der Waals surface area contributed by atoms with Gasteiger partial charge in [-0.3, -0.25) is 0 Å². The van der Waals surface area contributed by atoms with Crippen molar-refractivity contribution in [2.24, 2.45) is 11.8 Å². The van der Waals surface area contributed by atoms with Crippen molar-refractivity contribution in [3.63, 3.8) is 0 Å². The van der Waals surface area contributed by atoms with Crippen LogP contribution in [0.15, 0.2) is 0 Å². The summed E-state index contributed by atoms with van der Waals surface area (Å²) in [4.78, 5) is 0. The highest BCUT2D eigenvalue weighted by atomic mass is 14.2. The molecule has 0 rings (SSSR count). The highest BCUT2D eigenvalue weighted by molar-refractivity contribution is 4.69. The van der Waals surface area contributed by atoms with Crippen molar-refractivity contribution in [3.05, 3.63) is 0 Å². The van der Waals surface area contributed by atoms with Gasteiger partial charge < -0.3 is 0 Å². The van der Waals surface area contributed by atoms with Crippen LogP contribution in [0.3, 0.4) is 0 Å². The minimum atomic E-state index is 1.03. The summed E-state index contributed by atoms with van der Waals surface area (Å²) in [5.41, 5.74) is 0. The first-order valence-electron chi connectivity index (χ1n) is 14.3. The van der Waals surface area contributed by atoms with E-state index >= 15 is 0 Å². The van der Waals surface area contributed by atoms with E-state index < -0.39 is 0 Å². The fraction of sp³-hybridized carbons (Fsp3) is 1.00. The Morgan fingerprint density at radius 2 is 0.586 bits per heavy atom. The third kappa shape index (κ3) is 21.0. The predicted octanol–water partition coefficient (Wildman–Crippen LogP) is 11.3. The maximum atomic E-state index is 2.38. The second-order valence-electron chi connectivity index (χ2n) is 10.1. The molecule has 0 amide bonds. The summed E-state index contributed by atoms with van der Waals surface area (Å²) in [6.07, 6.45) is 33.7. The van der Waals surface area contributed by atoms with Gasteiger partial charge in [-0.15, -0.1) is 0 Å². The summed E-state index contributed by atoms with van der Waals surface area (Å²) in [6, 6.07) is 0. The monoisotopic (exact) mass is 408 g/mol. The lowest BCUT2D eigenvalue weighted by Crippen LogP contribution is -2.10. The lowest BCUT2D eigenvalue weighted by Gasteiger charge is -2.24. The molecule has 0 bridgehead atoms. The Balaban J connectivity index is 4.36. The molecule has 0 aliphatic heterocycles. The second kappa shape index (κ2) is 24.3. The van der Waals surface area contributed by atoms with Crippen molar-refractivity contribution >= 4 is 0 Å². The third-order valence-corrected chi connectivity index (χ3v) is 7.03. The largest absolute Gasteiger partial charge is 0.0654 e. The van der Waals surface area contributed by atoms with Crippen LogP contribution in [0.4, 0.5) is 0 Å². The molecule has 0 N–H and O–H groups in total. The quantitative estimate of drug-likeness (QED) is 0.139. The molecule has 0 nitrogen and oxygen atoms in total. The van der Waals surface area contributed by atoms with E-state index in [-0.39, 0.29) is 0 Å². The number of unbranched alkanes of at least 4 members (excludes halogenated alkanes) is 14. The first-order chi connectivity index (χ1) is 14.3. The molecule has 0 aliphatic rings. The van der Waals surface area contributed by atoms with Crippen molar-refractivity contribution in [1.29, 1.82) is 0 Å². The van der Waals surface area contributed by atoms with Gasteiger partial charge in [-0.1, -0.05) is 169 Å². The Hall–Kier alpha value is 0. The zero-order chi connectivity index (χ0) is 21.4. The minimum absolute atomic E-state index is 1.03. The Bertz CT molecular complexity index is 268. The number of hydrogen-bond acceptors (Lipinski definition) is 0. The summed E-state index contributed by atoms with van der Waals surface area (Å²) in [5, 5.41) is 0. The minimum Gasteiger partial charge on any atom is -0.0654 e. The first-order valence-corrected chi connectivity index (χ1v) is 14.3. The zero-order valence-electron chi connectivity index (χ0n) is 21.4. The normalized spacial score (nSPS) is 12.7. The van der Waals surface area contributed by atoms with E-state index in [0.717, 1.165) is 11.8 Å². The molecular weight excluding hydrogens is 348 g/mol. The van der Waals surface area contributed by atoms with E-state index in [1.54, 1.807) is 6.42 Å². The number of rotatable bonds is 24. The molecule has 0 heteroatoms. The Labute approximate surface area is 187 Å². The highest BCUT2D eigenvalue weighted by Crippen LogP contribution is 2.30. The van der Waals surface area contributed by atoms with Gasteiger partial charge >= 0.3 is 0 Å². The average Bonchev–Trinajstić information content (AvgIpc) is 2.73. The summed E-state index contributed by atoms with van der Waals surface area (Å²) in [5.74, 6) is 2.05. The van der Waals surface area contributed by atoms with Crippen LogP contribution in [0.1, 0.15) is 175 Å². The topological polar surface area (TPSA) is 0 Å². The van der Waals surface area contributed by atoms with Crippen LogP contribution in [-0.2, 0) is 0 Å². The van der Waals surface area contributed by atoms with Gasteiger partial charge in [-0.2, -0.15) is 0 Å². The Morgan fingerprint density at radius 1 is 0.310 bits per heavy atom. The molecule has 1 atom stereocenters. The number of hydrogen-bond donors (Lipinski definition) is 0. The summed E-state index contributed by atoms with van der Waals surface area (Å²) >= 11 is 0. The van der Waals surface area contributed by atoms with Gasteiger partial charge in [0.1, 0.15) is 0 Å². The SMILES string of the molecule is CCCCCCCCC(CCCC)CC(CCCCCCC)CCCCCCC. The first kappa shape index (κ1) is 29.0. The van der Waals surface area contributed by atoms with E-state index in [0.29, 0.717) is 0 Å². The molecule has 29 heavy (non-hydrogen) atoms. The Kier molecular flexibility index (Phi) is 24.3. The van der Waals surface area contributed by atoms with Crippen LogP contribution in [0.25, 0.3) is 0 Å². The maximum Gasteiger partial charge on any atom is -0.0412 e. The zero-order valence-corrected chi connectivity index (χ0v) is 21.4. The van der Waals surface area contributed by atoms with Gasteiger partial charge in [0.05, 0.1) is 0 Å². The molecule has 0 heterocycles. The van der Waals surface area contributed by atoms with Crippen molar-refractivity contribution in [2.45, 2.75) is 175 Å². The van der Waals surface area contributed by atoms with Crippen molar-refractivity contribution < 1.29 is 0 Å². The molecule has 0 aromatic rings. The van der Waals surface area contributed by atoms with Gasteiger partial charge in [0.15, 0.2) is 0 Å². The molecule has 0 aliphatic carbocycles. The maximum absolute atomic E-state index is 2.38. The summed E-state index contributed by atoms with van der Waals surface area (Å²) in [7, 11) is 0. The van der Waals surface area contributed by atoms with Crippen LogP contribution in [0.2, 0.25) is 0 Å². The second-order valence-corrected chi connectivity index (χ2v) is 10.1. The van der Waals surface area contributed by atoms with Crippen LogP contribution < -0.4 is 0 Å². The van der Waals surface area contributed by atoms with Crippen LogP contribution >= 0.6 is 0 Å². The van der Waals surface area contributed by atoms with Gasteiger partial charge in [-0.05, 0) is 18.3 Å². The van der Waals surface area contributed by atoms with Gasteiger partial charge in [0.25, 0.3) is 0 Å². The third-order valence-electron chi connectivity index (χ3n) is 7.03. The molecule has 0 saturated carbocycles.